The van der Waals surface area contributed by atoms with Gasteiger partial charge in [0.15, 0.2) is 0 Å². The number of hydrogen-bond donors (Lipinski definition) is 0. The lowest BCUT2D eigenvalue weighted by Crippen LogP contribution is -1.91. The molecule has 0 aliphatic carbocycles. The van der Waals surface area contributed by atoms with Gasteiger partial charge in [-0.05, 0) is 93.6 Å². The van der Waals surface area contributed by atoms with Crippen LogP contribution in [0, 0.1) is 0 Å². The lowest BCUT2D eigenvalue weighted by Gasteiger charge is -2.18. The van der Waals surface area contributed by atoms with Crippen LogP contribution in [0.15, 0.2) is 181 Å². The van der Waals surface area contributed by atoms with E-state index in [0.29, 0.717) is 10.9 Å². The van der Waals surface area contributed by atoms with Crippen molar-refractivity contribution in [3.63, 3.8) is 0 Å². The van der Waals surface area contributed by atoms with E-state index in [1.54, 1.807) is 24.3 Å². The monoisotopic (exact) mass is 604 g/mol. The van der Waals surface area contributed by atoms with Crippen LogP contribution >= 0.6 is 0 Å². The summed E-state index contributed by atoms with van der Waals surface area (Å²) in [6.07, 6.45) is 0. The number of hydrogen-bond acceptors (Lipinski definition) is 0. The van der Waals surface area contributed by atoms with Crippen LogP contribution in [0.4, 0.5) is 0 Å². The summed E-state index contributed by atoms with van der Waals surface area (Å²) in [6.45, 7) is 0. The Labute approximate surface area is 299 Å². The molecule has 0 aromatic heterocycles. The zero-order valence-electron chi connectivity index (χ0n) is 45.6. The summed E-state index contributed by atoms with van der Waals surface area (Å²) in [7, 11) is 0. The zero-order valence-corrected chi connectivity index (χ0v) is 23.6. The highest BCUT2D eigenvalue weighted by atomic mass is 14.2. The fourth-order valence-electron chi connectivity index (χ4n) is 5.81. The summed E-state index contributed by atoms with van der Waals surface area (Å²) in [5, 5.41) is -1.48. The molecule has 0 fully saturated rings. The van der Waals surface area contributed by atoms with Crippen LogP contribution in [-0.4, -0.2) is 0 Å². The van der Waals surface area contributed by atoms with Crippen molar-refractivity contribution in [2.75, 3.05) is 0 Å². The SMILES string of the molecule is [2H]c1cc2c(-c3c([2H])c([2H])c(-c4c5c([2H])c([2H])c([2H])c([2H])c5c(-c5c([2H])c([2H])c([2H])c([2H])c5[2H])c5c([2H])c([2H])c([2H])c([2H])c45)c([2H])c3[2H])c([2H])c([2H])c([2H])c2c([2H])c1-c1cccc2ccccc12. The standard InChI is InChI=1S/C46H30/c1-2-13-33(14-3-1)45-41-18-6-8-20-43(41)46(44-21-9-7-19-42(44)45)34-26-24-32(25-27-34)38-22-11-16-35-30-36(28-29-40(35)38)39-23-10-15-31-12-4-5-17-37(31)39/h1-30H/i1D,2D,3D,6D,7D,8D,9D,11D,13D,14D,16D,18D,19D,20D,21D,22D,24D,25D,26D,27D,28D,30D. The quantitative estimate of drug-likeness (QED) is 0.175. The van der Waals surface area contributed by atoms with E-state index in [-0.39, 0.29) is 28.4 Å². The molecule has 0 saturated carbocycles. The number of rotatable bonds is 4. The van der Waals surface area contributed by atoms with Crippen molar-refractivity contribution in [3.8, 4) is 44.5 Å². The minimum Gasteiger partial charge on any atom is -0.0622 e. The largest absolute Gasteiger partial charge is 0.0636 e. The first-order valence-electron chi connectivity index (χ1n) is 25.1. The Balaban J connectivity index is 1.47. The molecule has 0 heterocycles. The van der Waals surface area contributed by atoms with Gasteiger partial charge in [-0.1, -0.05) is 175 Å². The van der Waals surface area contributed by atoms with Gasteiger partial charge in [-0.2, -0.15) is 0 Å². The second kappa shape index (κ2) is 10.9. The molecule has 0 spiro atoms. The van der Waals surface area contributed by atoms with Gasteiger partial charge in [0.05, 0.1) is 30.2 Å². The number of benzene rings is 9. The van der Waals surface area contributed by atoms with E-state index in [9.17, 15) is 13.7 Å². The predicted octanol–water partition coefficient (Wildman–Crippen LogP) is 13.0. The molecule has 0 N–H and O–H groups in total. The maximum Gasteiger partial charge on any atom is 0.0636 e. The molecular formula is C46H30. The Morgan fingerprint density at radius 1 is 0.304 bits per heavy atom. The van der Waals surface area contributed by atoms with Crippen LogP contribution in [0.5, 0.6) is 0 Å². The molecule has 0 nitrogen and oxygen atoms in total. The van der Waals surface area contributed by atoms with Gasteiger partial charge in [0.2, 0.25) is 0 Å². The smallest absolute Gasteiger partial charge is 0.0622 e. The van der Waals surface area contributed by atoms with Crippen LogP contribution in [0.1, 0.15) is 30.2 Å². The average Bonchev–Trinajstić information content (AvgIpc) is 3.31. The van der Waals surface area contributed by atoms with Crippen molar-refractivity contribution < 1.29 is 30.2 Å². The normalized spacial score (nSPS) is 18.2. The molecule has 0 atom stereocenters. The van der Waals surface area contributed by atoms with Gasteiger partial charge in [-0.25, -0.2) is 0 Å². The van der Waals surface area contributed by atoms with E-state index in [2.05, 4.69) is 0 Å². The highest BCUT2D eigenvalue weighted by Gasteiger charge is 2.16. The van der Waals surface area contributed by atoms with Crippen molar-refractivity contribution in [3.05, 3.63) is 181 Å². The van der Waals surface area contributed by atoms with Crippen LogP contribution in [-0.2, 0) is 0 Å². The molecule has 46 heavy (non-hydrogen) atoms. The summed E-state index contributed by atoms with van der Waals surface area (Å²) >= 11 is 0. The van der Waals surface area contributed by atoms with Crippen molar-refractivity contribution >= 4 is 43.1 Å². The molecule has 0 unspecified atom stereocenters. The van der Waals surface area contributed by atoms with Gasteiger partial charge < -0.3 is 0 Å². The lowest BCUT2D eigenvalue weighted by atomic mass is 9.85. The molecule has 0 aliphatic heterocycles. The van der Waals surface area contributed by atoms with Gasteiger partial charge >= 0.3 is 0 Å². The Morgan fingerprint density at radius 2 is 0.870 bits per heavy atom. The second-order valence-electron chi connectivity index (χ2n) is 10.4. The van der Waals surface area contributed by atoms with Gasteiger partial charge in [0.1, 0.15) is 0 Å². The van der Waals surface area contributed by atoms with Crippen LogP contribution in [0.25, 0.3) is 87.6 Å². The van der Waals surface area contributed by atoms with E-state index in [4.69, 9.17) is 16.4 Å². The van der Waals surface area contributed by atoms with E-state index < -0.39 is 176 Å². The zero-order chi connectivity index (χ0) is 49.6. The maximum absolute atomic E-state index is 9.57. The third-order valence-corrected chi connectivity index (χ3v) is 7.83. The van der Waals surface area contributed by atoms with Gasteiger partial charge in [0.25, 0.3) is 0 Å². The third kappa shape index (κ3) is 4.30. The summed E-state index contributed by atoms with van der Waals surface area (Å²) in [6, 6.07) is -4.32. The highest BCUT2D eigenvalue weighted by Crippen LogP contribution is 2.44. The van der Waals surface area contributed by atoms with Crippen LogP contribution in [0.2, 0.25) is 0 Å². The average molecular weight is 605 g/mol. The van der Waals surface area contributed by atoms with Gasteiger partial charge in [-0.15, -0.1) is 0 Å². The minimum absolute atomic E-state index is 0.0840. The lowest BCUT2D eigenvalue weighted by molar-refractivity contribution is 1.63. The van der Waals surface area contributed by atoms with Gasteiger partial charge in [0, 0.05) is 0 Å². The predicted molar refractivity (Wildman–Crippen MR) is 198 cm³/mol. The Kier molecular flexibility index (Phi) is 2.94. The fraction of sp³-hybridized carbons (Fsp3) is 0. The van der Waals surface area contributed by atoms with E-state index in [1.165, 1.54) is 6.07 Å². The van der Waals surface area contributed by atoms with Crippen LogP contribution < -0.4 is 0 Å². The molecule has 9 rings (SSSR count). The van der Waals surface area contributed by atoms with E-state index in [0.717, 1.165) is 5.39 Å². The van der Waals surface area contributed by atoms with Crippen molar-refractivity contribution in [2.45, 2.75) is 0 Å². The Hall–Kier alpha value is -5.98. The molecule has 214 valence electrons. The summed E-state index contributed by atoms with van der Waals surface area (Å²) in [5.74, 6) is 0. The first kappa shape index (κ1) is 12.4. The summed E-state index contributed by atoms with van der Waals surface area (Å²) < 4.78 is 198. The molecule has 0 bridgehead atoms. The minimum atomic E-state index is -0.961. The second-order valence-corrected chi connectivity index (χ2v) is 10.4. The summed E-state index contributed by atoms with van der Waals surface area (Å²) in [4.78, 5) is 0. The van der Waals surface area contributed by atoms with Crippen molar-refractivity contribution in [1.29, 1.82) is 0 Å². The van der Waals surface area contributed by atoms with Crippen molar-refractivity contribution in [2.24, 2.45) is 0 Å². The molecule has 9 aromatic rings. The molecule has 0 radical (unpaired) electrons. The molecule has 0 heteroatoms. The molecule has 0 amide bonds. The first-order chi connectivity index (χ1) is 32.0. The fourth-order valence-corrected chi connectivity index (χ4v) is 5.81. The van der Waals surface area contributed by atoms with E-state index >= 15 is 0 Å². The molecule has 0 saturated heterocycles. The number of fused-ring (bicyclic) bond motifs is 4. The Bertz CT molecular complexity index is 3680. The first-order valence-corrected chi connectivity index (χ1v) is 14.1. The van der Waals surface area contributed by atoms with E-state index in [1.807, 2.05) is 18.2 Å². The molecule has 9 aromatic carbocycles. The van der Waals surface area contributed by atoms with Gasteiger partial charge in [-0.3, -0.25) is 0 Å². The third-order valence-electron chi connectivity index (χ3n) is 7.83. The highest BCUT2D eigenvalue weighted by molar-refractivity contribution is 6.21. The molecule has 0 aliphatic rings. The summed E-state index contributed by atoms with van der Waals surface area (Å²) in [5.41, 5.74) is -3.19. The van der Waals surface area contributed by atoms with Crippen molar-refractivity contribution in [1.82, 2.24) is 0 Å². The maximum atomic E-state index is 9.57. The molecular weight excluding hydrogens is 553 g/mol. The Morgan fingerprint density at radius 3 is 1.57 bits per heavy atom. The topological polar surface area (TPSA) is 0 Å². The van der Waals surface area contributed by atoms with Crippen LogP contribution in [0.3, 0.4) is 0 Å².